The fraction of sp³-hybridized carbons (Fsp3) is 0.333. The molecule has 1 rings (SSSR count). The summed E-state index contributed by atoms with van der Waals surface area (Å²) in [5.41, 5.74) is 1.43. The molecule has 0 aromatic carbocycles. The van der Waals surface area contributed by atoms with Crippen molar-refractivity contribution in [3.63, 3.8) is 0 Å². The van der Waals surface area contributed by atoms with Gasteiger partial charge in [-0.25, -0.2) is 0 Å². The second kappa shape index (κ2) is 4.57. The van der Waals surface area contributed by atoms with Crippen LogP contribution in [0.4, 0.5) is 0 Å². The molecule has 1 N–H and O–H groups in total. The van der Waals surface area contributed by atoms with Crippen molar-refractivity contribution in [2.45, 2.75) is 6.92 Å². The van der Waals surface area contributed by atoms with Crippen LogP contribution in [0.25, 0.3) is 0 Å². The summed E-state index contributed by atoms with van der Waals surface area (Å²) in [6, 6.07) is 3.57. The number of nitrogens with one attached hydrogen (secondary N) is 1. The Labute approximate surface area is 76.9 Å². The minimum atomic E-state index is -0.217. The van der Waals surface area contributed by atoms with Gasteiger partial charge in [0.05, 0.1) is 0 Å². The summed E-state index contributed by atoms with van der Waals surface area (Å²) in [5, 5.41) is 2.55. The lowest BCUT2D eigenvalue weighted by Gasteiger charge is -2.02. The standard InChI is InChI=1S/C9H12N2O2/c1-7-3-4-10-8(5-7)9(12)11-6-13-2/h3-5H,6H2,1-2H3,(H,11,12). The molecule has 1 aromatic rings. The molecule has 0 unspecified atom stereocenters. The van der Waals surface area contributed by atoms with Gasteiger partial charge in [-0.3, -0.25) is 9.78 Å². The predicted octanol–water partition coefficient (Wildman–Crippen LogP) is 0.724. The molecule has 4 nitrogen and oxygen atoms in total. The number of aryl methyl sites for hydroxylation is 1. The number of hydrogen-bond donors (Lipinski definition) is 1. The summed E-state index contributed by atoms with van der Waals surface area (Å²) in [7, 11) is 1.52. The maximum Gasteiger partial charge on any atom is 0.271 e. The number of aromatic nitrogens is 1. The summed E-state index contributed by atoms with van der Waals surface area (Å²) in [5.74, 6) is -0.217. The lowest BCUT2D eigenvalue weighted by molar-refractivity contribution is 0.0867. The molecule has 1 heterocycles. The van der Waals surface area contributed by atoms with E-state index in [-0.39, 0.29) is 12.6 Å². The Morgan fingerprint density at radius 1 is 1.69 bits per heavy atom. The molecule has 0 bridgehead atoms. The van der Waals surface area contributed by atoms with Gasteiger partial charge in [-0.15, -0.1) is 0 Å². The topological polar surface area (TPSA) is 51.2 Å². The van der Waals surface area contributed by atoms with E-state index in [2.05, 4.69) is 10.3 Å². The van der Waals surface area contributed by atoms with Gasteiger partial charge in [0.1, 0.15) is 12.4 Å². The quantitative estimate of drug-likeness (QED) is 0.697. The van der Waals surface area contributed by atoms with Crippen LogP contribution >= 0.6 is 0 Å². The normalized spacial score (nSPS) is 9.69. The summed E-state index contributed by atoms with van der Waals surface area (Å²) in [6.07, 6.45) is 1.61. The molecule has 0 fully saturated rings. The highest BCUT2D eigenvalue weighted by atomic mass is 16.5. The lowest BCUT2D eigenvalue weighted by Crippen LogP contribution is -2.26. The van der Waals surface area contributed by atoms with Gasteiger partial charge in [0.15, 0.2) is 0 Å². The average molecular weight is 180 g/mol. The van der Waals surface area contributed by atoms with Crippen LogP contribution in [0.1, 0.15) is 16.1 Å². The molecule has 0 aliphatic heterocycles. The number of nitrogens with zero attached hydrogens (tertiary/aromatic N) is 1. The molecule has 1 amide bonds. The van der Waals surface area contributed by atoms with Crippen LogP contribution in [0.15, 0.2) is 18.3 Å². The van der Waals surface area contributed by atoms with Gasteiger partial charge in [0.25, 0.3) is 5.91 Å². The Bertz CT molecular complexity index is 299. The Kier molecular flexibility index (Phi) is 3.40. The first-order chi connectivity index (χ1) is 6.24. The smallest absolute Gasteiger partial charge is 0.271 e. The van der Waals surface area contributed by atoms with E-state index in [9.17, 15) is 4.79 Å². The summed E-state index contributed by atoms with van der Waals surface area (Å²) >= 11 is 0. The number of amides is 1. The monoisotopic (exact) mass is 180 g/mol. The Morgan fingerprint density at radius 2 is 2.46 bits per heavy atom. The molecular formula is C9H12N2O2. The van der Waals surface area contributed by atoms with Crippen LogP contribution in [0.5, 0.6) is 0 Å². The molecule has 0 saturated carbocycles. The molecule has 0 aliphatic rings. The number of carbonyl (C=O) groups is 1. The van der Waals surface area contributed by atoms with Crippen molar-refractivity contribution in [3.8, 4) is 0 Å². The molecule has 0 aliphatic carbocycles. The number of hydrogen-bond acceptors (Lipinski definition) is 3. The second-order valence-electron chi connectivity index (χ2n) is 2.66. The number of pyridine rings is 1. The van der Waals surface area contributed by atoms with Crippen molar-refractivity contribution in [2.24, 2.45) is 0 Å². The number of rotatable bonds is 3. The third-order valence-corrected chi connectivity index (χ3v) is 1.53. The first-order valence-electron chi connectivity index (χ1n) is 3.94. The summed E-state index contributed by atoms with van der Waals surface area (Å²) in [6.45, 7) is 2.11. The van der Waals surface area contributed by atoms with Crippen molar-refractivity contribution >= 4 is 5.91 Å². The van der Waals surface area contributed by atoms with Gasteiger partial charge < -0.3 is 10.1 Å². The maximum absolute atomic E-state index is 11.3. The SMILES string of the molecule is COCNC(=O)c1cc(C)ccn1. The van der Waals surface area contributed by atoms with Crippen molar-refractivity contribution in [1.29, 1.82) is 0 Å². The summed E-state index contributed by atoms with van der Waals surface area (Å²) < 4.78 is 4.70. The Balaban J connectivity index is 2.66. The van der Waals surface area contributed by atoms with Gasteiger partial charge in [-0.05, 0) is 24.6 Å². The highest BCUT2D eigenvalue weighted by Gasteiger charge is 2.04. The zero-order valence-corrected chi connectivity index (χ0v) is 7.70. The van der Waals surface area contributed by atoms with E-state index in [0.717, 1.165) is 5.56 Å². The van der Waals surface area contributed by atoms with E-state index in [1.807, 2.05) is 13.0 Å². The van der Waals surface area contributed by atoms with Crippen LogP contribution in [0.2, 0.25) is 0 Å². The van der Waals surface area contributed by atoms with Crippen molar-refractivity contribution < 1.29 is 9.53 Å². The van der Waals surface area contributed by atoms with Crippen LogP contribution in [-0.4, -0.2) is 24.7 Å². The van der Waals surface area contributed by atoms with Gasteiger partial charge >= 0.3 is 0 Å². The van der Waals surface area contributed by atoms with E-state index in [0.29, 0.717) is 5.69 Å². The molecule has 70 valence electrons. The zero-order valence-electron chi connectivity index (χ0n) is 7.70. The Morgan fingerprint density at radius 3 is 3.08 bits per heavy atom. The minimum Gasteiger partial charge on any atom is -0.364 e. The predicted molar refractivity (Wildman–Crippen MR) is 48.3 cm³/mol. The summed E-state index contributed by atoms with van der Waals surface area (Å²) in [4.78, 5) is 15.2. The van der Waals surface area contributed by atoms with Gasteiger partial charge in [0.2, 0.25) is 0 Å². The van der Waals surface area contributed by atoms with Gasteiger partial charge in [-0.1, -0.05) is 0 Å². The third-order valence-electron chi connectivity index (χ3n) is 1.53. The largest absolute Gasteiger partial charge is 0.364 e. The molecule has 1 aromatic heterocycles. The van der Waals surface area contributed by atoms with E-state index in [4.69, 9.17) is 4.74 Å². The van der Waals surface area contributed by atoms with Crippen LogP contribution < -0.4 is 5.32 Å². The van der Waals surface area contributed by atoms with Crippen LogP contribution in [0, 0.1) is 6.92 Å². The molecule has 0 radical (unpaired) electrons. The molecular weight excluding hydrogens is 168 g/mol. The van der Waals surface area contributed by atoms with Crippen molar-refractivity contribution in [2.75, 3.05) is 13.8 Å². The molecule has 0 atom stereocenters. The first-order valence-corrected chi connectivity index (χ1v) is 3.94. The molecule has 4 heteroatoms. The highest BCUT2D eigenvalue weighted by molar-refractivity contribution is 5.92. The molecule has 13 heavy (non-hydrogen) atoms. The zero-order chi connectivity index (χ0) is 9.68. The van der Waals surface area contributed by atoms with Crippen molar-refractivity contribution in [1.82, 2.24) is 10.3 Å². The minimum absolute atomic E-state index is 0.203. The van der Waals surface area contributed by atoms with Gasteiger partial charge in [0, 0.05) is 13.3 Å². The highest BCUT2D eigenvalue weighted by Crippen LogP contribution is 1.99. The van der Waals surface area contributed by atoms with Crippen LogP contribution in [0.3, 0.4) is 0 Å². The first kappa shape index (κ1) is 9.67. The molecule has 0 saturated heterocycles. The number of ether oxygens (including phenoxy) is 1. The van der Waals surface area contributed by atoms with E-state index in [1.165, 1.54) is 7.11 Å². The fourth-order valence-corrected chi connectivity index (χ4v) is 0.889. The number of methoxy groups -OCH3 is 1. The molecule has 0 spiro atoms. The third kappa shape index (κ3) is 2.83. The fourth-order valence-electron chi connectivity index (χ4n) is 0.889. The van der Waals surface area contributed by atoms with Crippen LogP contribution in [-0.2, 0) is 4.74 Å². The maximum atomic E-state index is 11.3. The van der Waals surface area contributed by atoms with Gasteiger partial charge in [-0.2, -0.15) is 0 Å². The van der Waals surface area contributed by atoms with E-state index >= 15 is 0 Å². The van der Waals surface area contributed by atoms with Crippen molar-refractivity contribution in [3.05, 3.63) is 29.6 Å². The second-order valence-corrected chi connectivity index (χ2v) is 2.66. The van der Waals surface area contributed by atoms with E-state index < -0.39 is 0 Å². The average Bonchev–Trinajstić information content (AvgIpc) is 2.14. The Hall–Kier alpha value is -1.42. The lowest BCUT2D eigenvalue weighted by atomic mass is 10.2. The number of carbonyl (C=O) groups excluding carboxylic acids is 1. The van der Waals surface area contributed by atoms with E-state index in [1.54, 1.807) is 12.3 Å².